The zero-order valence-electron chi connectivity index (χ0n) is 9.80. The van der Waals surface area contributed by atoms with Crippen LogP contribution < -0.4 is 0 Å². The fourth-order valence-electron chi connectivity index (χ4n) is 1.81. The van der Waals surface area contributed by atoms with Gasteiger partial charge in [-0.3, -0.25) is 0 Å². The zero-order valence-corrected chi connectivity index (χ0v) is 11.4. The van der Waals surface area contributed by atoms with Crippen LogP contribution in [0.2, 0.25) is 0 Å². The van der Waals surface area contributed by atoms with Gasteiger partial charge >= 0.3 is 0 Å². The molecular weight excluding hydrogens is 338 g/mol. The van der Waals surface area contributed by atoms with Crippen molar-refractivity contribution in [3.63, 3.8) is 0 Å². The van der Waals surface area contributed by atoms with Crippen LogP contribution in [0.4, 0.5) is 17.6 Å². The molecule has 0 aliphatic carbocycles. The summed E-state index contributed by atoms with van der Waals surface area (Å²) in [4.78, 5) is 0. The molecule has 102 valence electrons. The molecule has 0 fully saturated rings. The normalized spacial score (nSPS) is 12.0. The van der Waals surface area contributed by atoms with Crippen molar-refractivity contribution in [1.82, 2.24) is 0 Å². The highest BCUT2D eigenvalue weighted by Crippen LogP contribution is 2.31. The first-order valence-corrected chi connectivity index (χ1v) is 6.23. The Balaban J connectivity index is 2.64. The molecule has 0 saturated heterocycles. The van der Waals surface area contributed by atoms with Crippen LogP contribution in [0.3, 0.4) is 0 Å². The van der Waals surface area contributed by atoms with Crippen molar-refractivity contribution in [2.24, 2.45) is 0 Å². The number of benzene rings is 2. The molecule has 0 saturated carbocycles. The van der Waals surface area contributed by atoms with E-state index in [0.717, 1.165) is 0 Å². The van der Waals surface area contributed by atoms with Gasteiger partial charge in [0.15, 0.2) is 23.3 Å². The van der Waals surface area contributed by atoms with Crippen molar-refractivity contribution >= 4 is 15.9 Å². The Hall–Kier alpha value is -1.87. The Morgan fingerprint density at radius 2 is 1.45 bits per heavy atom. The Morgan fingerprint density at radius 1 is 0.950 bits per heavy atom. The van der Waals surface area contributed by atoms with E-state index in [4.69, 9.17) is 5.26 Å². The van der Waals surface area contributed by atoms with Crippen molar-refractivity contribution in [3.8, 4) is 6.07 Å². The predicted octanol–water partition coefficient (Wildman–Crippen LogP) is 4.66. The first kappa shape index (κ1) is 14.5. The number of nitrogens with zero attached hydrogens (tertiary/aromatic N) is 1. The molecule has 0 heterocycles. The first-order valence-electron chi connectivity index (χ1n) is 5.43. The largest absolute Gasteiger partial charge is 0.204 e. The molecule has 1 unspecified atom stereocenters. The lowest BCUT2D eigenvalue weighted by Gasteiger charge is -2.13. The van der Waals surface area contributed by atoms with Gasteiger partial charge in [-0.05, 0) is 17.7 Å². The maximum absolute atomic E-state index is 13.7. The smallest absolute Gasteiger partial charge is 0.166 e. The third-order valence-corrected chi connectivity index (χ3v) is 3.30. The molecule has 1 nitrogen and oxygen atoms in total. The van der Waals surface area contributed by atoms with Crippen LogP contribution in [0.15, 0.2) is 34.8 Å². The molecular formula is C14H6BrF4N. The van der Waals surface area contributed by atoms with E-state index < -0.39 is 34.8 Å². The van der Waals surface area contributed by atoms with Gasteiger partial charge in [-0.1, -0.05) is 28.1 Å². The molecule has 2 rings (SSSR count). The summed E-state index contributed by atoms with van der Waals surface area (Å²) in [5.74, 6) is -7.61. The Kier molecular flexibility index (Phi) is 4.09. The zero-order chi connectivity index (χ0) is 14.9. The first-order chi connectivity index (χ1) is 9.45. The molecule has 2 aromatic carbocycles. The molecule has 1 atom stereocenters. The van der Waals surface area contributed by atoms with Gasteiger partial charge in [-0.15, -0.1) is 0 Å². The van der Waals surface area contributed by atoms with Gasteiger partial charge in [0.05, 0.1) is 11.6 Å². The van der Waals surface area contributed by atoms with E-state index in [1.807, 2.05) is 0 Å². The molecule has 0 bridgehead atoms. The molecule has 0 radical (unpaired) electrons. The van der Waals surface area contributed by atoms with Gasteiger partial charge in [-0.25, -0.2) is 17.6 Å². The van der Waals surface area contributed by atoms with Crippen LogP contribution in [0.5, 0.6) is 0 Å². The van der Waals surface area contributed by atoms with Gasteiger partial charge in [0, 0.05) is 10.5 Å². The summed E-state index contributed by atoms with van der Waals surface area (Å²) in [5, 5.41) is 9.09. The van der Waals surface area contributed by atoms with Gasteiger partial charge in [0.1, 0.15) is 5.92 Å². The average Bonchev–Trinajstić information content (AvgIpc) is 2.43. The van der Waals surface area contributed by atoms with Crippen LogP contribution in [-0.4, -0.2) is 0 Å². The third-order valence-electron chi connectivity index (χ3n) is 2.77. The predicted molar refractivity (Wildman–Crippen MR) is 67.9 cm³/mol. The summed E-state index contributed by atoms with van der Waals surface area (Å²) >= 11 is 3.17. The van der Waals surface area contributed by atoms with E-state index in [9.17, 15) is 17.6 Å². The van der Waals surface area contributed by atoms with E-state index in [0.29, 0.717) is 4.47 Å². The van der Waals surface area contributed by atoms with Crippen LogP contribution in [0.25, 0.3) is 0 Å². The highest BCUT2D eigenvalue weighted by Gasteiger charge is 2.27. The fourth-order valence-corrected chi connectivity index (χ4v) is 2.07. The van der Waals surface area contributed by atoms with E-state index in [-0.39, 0.29) is 11.6 Å². The second-order valence-electron chi connectivity index (χ2n) is 4.00. The third kappa shape index (κ3) is 2.54. The van der Waals surface area contributed by atoms with Crippen LogP contribution >= 0.6 is 15.9 Å². The van der Waals surface area contributed by atoms with Crippen molar-refractivity contribution in [2.45, 2.75) is 5.92 Å². The Bertz CT molecular complexity index is 666. The molecule has 0 aliphatic heterocycles. The fraction of sp³-hybridized carbons (Fsp3) is 0.0714. The minimum absolute atomic E-state index is 0.115. The Morgan fingerprint density at radius 3 is 1.90 bits per heavy atom. The summed E-state index contributed by atoms with van der Waals surface area (Å²) < 4.78 is 54.5. The second kappa shape index (κ2) is 5.63. The van der Waals surface area contributed by atoms with Crippen LogP contribution in [0.1, 0.15) is 17.0 Å². The van der Waals surface area contributed by atoms with Crippen molar-refractivity contribution in [1.29, 1.82) is 5.26 Å². The summed E-state index contributed by atoms with van der Waals surface area (Å²) in [5.41, 5.74) is -0.689. The van der Waals surface area contributed by atoms with Gasteiger partial charge in [-0.2, -0.15) is 5.26 Å². The monoisotopic (exact) mass is 343 g/mol. The maximum Gasteiger partial charge on any atom is 0.166 e. The number of hydrogen-bond acceptors (Lipinski definition) is 1. The quantitative estimate of drug-likeness (QED) is 0.574. The minimum atomic E-state index is -1.56. The number of halogens is 5. The topological polar surface area (TPSA) is 23.8 Å². The molecule has 6 heteroatoms. The average molecular weight is 344 g/mol. The van der Waals surface area contributed by atoms with E-state index >= 15 is 0 Å². The number of nitriles is 1. The molecule has 0 N–H and O–H groups in total. The highest BCUT2D eigenvalue weighted by atomic mass is 79.9. The second-order valence-corrected chi connectivity index (χ2v) is 4.91. The summed E-state index contributed by atoms with van der Waals surface area (Å²) in [7, 11) is 0. The minimum Gasteiger partial charge on any atom is -0.204 e. The maximum atomic E-state index is 13.7. The molecule has 0 aromatic heterocycles. The number of rotatable bonds is 2. The van der Waals surface area contributed by atoms with E-state index in [2.05, 4.69) is 15.9 Å². The van der Waals surface area contributed by atoms with Gasteiger partial charge < -0.3 is 0 Å². The molecule has 0 amide bonds. The Labute approximate surface area is 120 Å². The molecule has 20 heavy (non-hydrogen) atoms. The molecule has 2 aromatic rings. The lowest BCUT2D eigenvalue weighted by molar-refractivity contribution is 0.438. The lowest BCUT2D eigenvalue weighted by Crippen LogP contribution is -2.08. The summed E-state index contributed by atoms with van der Waals surface area (Å²) in [6.45, 7) is 0. The van der Waals surface area contributed by atoms with Crippen molar-refractivity contribution in [3.05, 3.63) is 69.2 Å². The highest BCUT2D eigenvalue weighted by molar-refractivity contribution is 9.10. The van der Waals surface area contributed by atoms with Gasteiger partial charge in [0.2, 0.25) is 0 Å². The lowest BCUT2D eigenvalue weighted by atomic mass is 9.91. The molecule has 0 spiro atoms. The molecule has 0 aliphatic rings. The van der Waals surface area contributed by atoms with Gasteiger partial charge in [0.25, 0.3) is 0 Å². The van der Waals surface area contributed by atoms with Crippen LogP contribution in [0, 0.1) is 34.6 Å². The van der Waals surface area contributed by atoms with Crippen LogP contribution in [-0.2, 0) is 0 Å². The SMILES string of the molecule is N#CC(c1ccc(Br)cc1)c1c(F)c(F)cc(F)c1F. The van der Waals surface area contributed by atoms with Crippen molar-refractivity contribution in [2.75, 3.05) is 0 Å². The standard InChI is InChI=1S/C14H6BrF4N/c15-8-3-1-7(2-4-8)9(6-20)12-13(18)10(16)5-11(17)14(12)19/h1-5,9H. The van der Waals surface area contributed by atoms with E-state index in [1.54, 1.807) is 18.2 Å². The van der Waals surface area contributed by atoms with Crippen molar-refractivity contribution < 1.29 is 17.6 Å². The summed E-state index contributed by atoms with van der Waals surface area (Å²) in [6.07, 6.45) is 0. The summed E-state index contributed by atoms with van der Waals surface area (Å²) in [6, 6.07) is 7.79. The van der Waals surface area contributed by atoms with E-state index in [1.165, 1.54) is 12.1 Å². The number of hydrogen-bond donors (Lipinski definition) is 0.